The van der Waals surface area contributed by atoms with Crippen LogP contribution in [0.15, 0.2) is 60.7 Å². The van der Waals surface area contributed by atoms with Crippen LogP contribution in [0.2, 0.25) is 5.02 Å². The van der Waals surface area contributed by atoms with Gasteiger partial charge in [-0.05, 0) is 54.0 Å². The Morgan fingerprint density at radius 1 is 1.00 bits per heavy atom. The van der Waals surface area contributed by atoms with Gasteiger partial charge in [0.15, 0.2) is 11.6 Å². The van der Waals surface area contributed by atoms with Crippen molar-refractivity contribution in [3.63, 3.8) is 0 Å². The van der Waals surface area contributed by atoms with Crippen molar-refractivity contribution in [2.75, 3.05) is 0 Å². The van der Waals surface area contributed by atoms with Gasteiger partial charge in [-0.1, -0.05) is 42.4 Å². The van der Waals surface area contributed by atoms with E-state index in [0.29, 0.717) is 21.7 Å². The fraction of sp³-hybridized carbons (Fsp3) is 0.143. The lowest BCUT2D eigenvalue weighted by Crippen LogP contribution is -2.07. The highest BCUT2D eigenvalue weighted by Gasteiger charge is 2.15. The van der Waals surface area contributed by atoms with Crippen molar-refractivity contribution in [3.8, 4) is 0 Å². The molecule has 0 saturated heterocycles. The maximum Gasteiger partial charge on any atom is 0.163 e. The highest BCUT2D eigenvalue weighted by atomic mass is 35.5. The standard InChI is InChI=1S/C21H18ClFO2/c1-14(2)20(24)11-12-21(25)19(16-5-9-18(23)10-6-16)13-15-3-7-17(22)8-4-15/h3-10,13H,1,11-12H2,2H3/b19-13+. The Hall–Kier alpha value is -2.52. The van der Waals surface area contributed by atoms with E-state index in [1.807, 2.05) is 0 Å². The molecule has 0 amide bonds. The van der Waals surface area contributed by atoms with Crippen LogP contribution in [0.1, 0.15) is 30.9 Å². The van der Waals surface area contributed by atoms with Crippen LogP contribution >= 0.6 is 11.6 Å². The predicted octanol–water partition coefficient (Wildman–Crippen LogP) is 5.51. The minimum absolute atomic E-state index is 0.0719. The Balaban J connectivity index is 2.33. The Morgan fingerprint density at radius 3 is 2.12 bits per heavy atom. The van der Waals surface area contributed by atoms with Crippen LogP contribution < -0.4 is 0 Å². The minimum Gasteiger partial charge on any atom is -0.295 e. The van der Waals surface area contributed by atoms with E-state index < -0.39 is 0 Å². The second-order valence-corrected chi connectivity index (χ2v) is 6.18. The van der Waals surface area contributed by atoms with E-state index >= 15 is 0 Å². The molecular weight excluding hydrogens is 339 g/mol. The lowest BCUT2D eigenvalue weighted by molar-refractivity contribution is -0.119. The Labute approximate surface area is 151 Å². The number of carbonyl (C=O) groups is 2. The van der Waals surface area contributed by atoms with Crippen molar-refractivity contribution >= 4 is 34.8 Å². The Bertz CT molecular complexity index is 818. The molecule has 0 heterocycles. The average molecular weight is 357 g/mol. The van der Waals surface area contributed by atoms with Crippen molar-refractivity contribution in [3.05, 3.63) is 82.6 Å². The maximum absolute atomic E-state index is 13.2. The van der Waals surface area contributed by atoms with Gasteiger partial charge in [0, 0.05) is 23.4 Å². The van der Waals surface area contributed by atoms with E-state index in [-0.39, 0.29) is 30.2 Å². The van der Waals surface area contributed by atoms with Crippen LogP contribution in [0, 0.1) is 5.82 Å². The summed E-state index contributed by atoms with van der Waals surface area (Å²) in [5, 5.41) is 0.596. The molecule has 2 aromatic rings. The zero-order chi connectivity index (χ0) is 18.4. The first kappa shape index (κ1) is 18.8. The molecule has 0 aromatic heterocycles. The van der Waals surface area contributed by atoms with E-state index in [4.69, 9.17) is 11.6 Å². The van der Waals surface area contributed by atoms with Gasteiger partial charge in [-0.25, -0.2) is 4.39 Å². The molecule has 0 aliphatic rings. The first-order chi connectivity index (χ1) is 11.9. The van der Waals surface area contributed by atoms with E-state index in [1.54, 1.807) is 49.4 Å². The summed E-state index contributed by atoms with van der Waals surface area (Å²) in [5.74, 6) is -0.700. The van der Waals surface area contributed by atoms with E-state index in [9.17, 15) is 14.0 Å². The van der Waals surface area contributed by atoms with Crippen molar-refractivity contribution in [1.29, 1.82) is 0 Å². The molecule has 0 N–H and O–H groups in total. The van der Waals surface area contributed by atoms with Gasteiger partial charge in [-0.3, -0.25) is 9.59 Å². The summed E-state index contributed by atoms with van der Waals surface area (Å²) in [6.45, 7) is 5.21. The van der Waals surface area contributed by atoms with E-state index in [2.05, 4.69) is 6.58 Å². The molecule has 25 heavy (non-hydrogen) atoms. The molecule has 0 fully saturated rings. The normalized spacial score (nSPS) is 11.2. The van der Waals surface area contributed by atoms with Gasteiger partial charge in [-0.2, -0.15) is 0 Å². The summed E-state index contributed by atoms with van der Waals surface area (Å²) in [5.41, 5.74) is 2.25. The number of halogens is 2. The first-order valence-electron chi connectivity index (χ1n) is 7.82. The van der Waals surface area contributed by atoms with Gasteiger partial charge >= 0.3 is 0 Å². The topological polar surface area (TPSA) is 34.1 Å². The van der Waals surface area contributed by atoms with Crippen molar-refractivity contribution < 1.29 is 14.0 Å². The van der Waals surface area contributed by atoms with Gasteiger partial charge in [0.1, 0.15) is 5.82 Å². The van der Waals surface area contributed by atoms with Gasteiger partial charge in [0.25, 0.3) is 0 Å². The van der Waals surface area contributed by atoms with Crippen molar-refractivity contribution in [2.24, 2.45) is 0 Å². The second-order valence-electron chi connectivity index (χ2n) is 5.74. The summed E-state index contributed by atoms with van der Waals surface area (Å²) in [4.78, 5) is 24.4. The molecule has 2 rings (SSSR count). The molecule has 0 radical (unpaired) electrons. The summed E-state index contributed by atoms with van der Waals surface area (Å²) >= 11 is 5.88. The van der Waals surface area contributed by atoms with Crippen molar-refractivity contribution in [2.45, 2.75) is 19.8 Å². The third-order valence-corrected chi connectivity index (χ3v) is 3.94. The quantitative estimate of drug-likeness (QED) is 0.484. The molecule has 0 spiro atoms. The average Bonchev–Trinajstić information content (AvgIpc) is 2.59. The molecular formula is C21H18ClFO2. The fourth-order valence-corrected chi connectivity index (χ4v) is 2.38. The molecule has 0 saturated carbocycles. The number of rotatable bonds is 7. The van der Waals surface area contributed by atoms with Gasteiger partial charge in [0.2, 0.25) is 0 Å². The number of benzene rings is 2. The van der Waals surface area contributed by atoms with Crippen LogP contribution in [-0.4, -0.2) is 11.6 Å². The van der Waals surface area contributed by atoms with Crippen LogP contribution in [0.5, 0.6) is 0 Å². The summed E-state index contributed by atoms with van der Waals surface area (Å²) in [6.07, 6.45) is 1.90. The number of carbonyl (C=O) groups excluding carboxylic acids is 2. The number of hydrogen-bond acceptors (Lipinski definition) is 2. The van der Waals surface area contributed by atoms with Gasteiger partial charge in [-0.15, -0.1) is 0 Å². The molecule has 128 valence electrons. The number of hydrogen-bond donors (Lipinski definition) is 0. The summed E-state index contributed by atoms with van der Waals surface area (Å²) in [6, 6.07) is 12.7. The van der Waals surface area contributed by atoms with Crippen LogP contribution in [0.25, 0.3) is 11.6 Å². The summed E-state index contributed by atoms with van der Waals surface area (Å²) < 4.78 is 13.2. The second kappa shape index (κ2) is 8.54. The largest absolute Gasteiger partial charge is 0.295 e. The van der Waals surface area contributed by atoms with Gasteiger partial charge in [0.05, 0.1) is 0 Å². The Morgan fingerprint density at radius 2 is 1.56 bits per heavy atom. The third-order valence-electron chi connectivity index (χ3n) is 3.69. The number of ketones is 2. The lowest BCUT2D eigenvalue weighted by Gasteiger charge is -2.08. The Kier molecular flexibility index (Phi) is 6.43. The minimum atomic E-state index is -0.375. The van der Waals surface area contributed by atoms with Crippen molar-refractivity contribution in [1.82, 2.24) is 0 Å². The molecule has 0 bridgehead atoms. The monoisotopic (exact) mass is 356 g/mol. The molecule has 0 unspecified atom stereocenters. The van der Waals surface area contributed by atoms with Crippen LogP contribution in [0.3, 0.4) is 0 Å². The fourth-order valence-electron chi connectivity index (χ4n) is 2.26. The molecule has 0 aliphatic carbocycles. The number of Topliss-reactive ketones (excluding diaryl/α,β-unsaturated/α-hetero) is 2. The maximum atomic E-state index is 13.2. The van der Waals surface area contributed by atoms with E-state index in [0.717, 1.165) is 5.56 Å². The number of allylic oxidation sites excluding steroid dienone is 2. The van der Waals surface area contributed by atoms with E-state index in [1.165, 1.54) is 12.1 Å². The highest BCUT2D eigenvalue weighted by molar-refractivity contribution is 6.30. The SMILES string of the molecule is C=C(C)C(=O)CCC(=O)/C(=C/c1ccc(Cl)cc1)c1ccc(F)cc1. The molecule has 4 heteroatoms. The lowest BCUT2D eigenvalue weighted by atomic mass is 9.95. The predicted molar refractivity (Wildman–Crippen MR) is 99.8 cm³/mol. The molecule has 0 atom stereocenters. The molecule has 2 nitrogen and oxygen atoms in total. The third kappa shape index (κ3) is 5.50. The first-order valence-corrected chi connectivity index (χ1v) is 8.19. The zero-order valence-electron chi connectivity index (χ0n) is 13.9. The smallest absolute Gasteiger partial charge is 0.163 e. The van der Waals surface area contributed by atoms with Crippen LogP contribution in [0.4, 0.5) is 4.39 Å². The summed E-state index contributed by atoms with van der Waals surface area (Å²) in [7, 11) is 0. The zero-order valence-corrected chi connectivity index (χ0v) is 14.6. The highest BCUT2D eigenvalue weighted by Crippen LogP contribution is 2.23. The van der Waals surface area contributed by atoms with Crippen LogP contribution in [-0.2, 0) is 9.59 Å². The van der Waals surface area contributed by atoms with Gasteiger partial charge < -0.3 is 0 Å². The molecule has 2 aromatic carbocycles. The molecule has 0 aliphatic heterocycles.